The van der Waals surface area contributed by atoms with Gasteiger partial charge in [-0.05, 0) is 39.8 Å². The van der Waals surface area contributed by atoms with Gasteiger partial charge in [-0.3, -0.25) is 4.90 Å². The molecule has 0 unspecified atom stereocenters. The summed E-state index contributed by atoms with van der Waals surface area (Å²) < 4.78 is 0. The molecule has 1 aliphatic rings. The van der Waals surface area contributed by atoms with Crippen LogP contribution in [-0.4, -0.2) is 46.4 Å². The molecule has 0 N–H and O–H groups in total. The molecular formula is C16H24N4S2. The van der Waals surface area contributed by atoms with Crippen LogP contribution in [0.4, 0.5) is 0 Å². The number of aromatic nitrogens is 2. The zero-order chi connectivity index (χ0) is 15.5. The first-order chi connectivity index (χ1) is 10.6. The lowest BCUT2D eigenvalue weighted by molar-refractivity contribution is 0.255. The Labute approximate surface area is 140 Å². The van der Waals surface area contributed by atoms with Gasteiger partial charge in [0.2, 0.25) is 0 Å². The highest BCUT2D eigenvalue weighted by molar-refractivity contribution is 7.09. The summed E-state index contributed by atoms with van der Waals surface area (Å²) in [6.45, 7) is 9.79. The first kappa shape index (κ1) is 16.1. The molecule has 0 spiro atoms. The summed E-state index contributed by atoms with van der Waals surface area (Å²) in [5.74, 6) is 0.776. The van der Waals surface area contributed by atoms with Crippen LogP contribution in [0.15, 0.2) is 10.9 Å². The second-order valence-electron chi connectivity index (χ2n) is 6.31. The van der Waals surface area contributed by atoms with Gasteiger partial charge in [-0.15, -0.1) is 22.7 Å². The van der Waals surface area contributed by atoms with Crippen LogP contribution in [0, 0.1) is 19.8 Å². The Morgan fingerprint density at radius 2 is 2.23 bits per heavy atom. The third-order valence-corrected chi connectivity index (χ3v) is 5.99. The monoisotopic (exact) mass is 336 g/mol. The first-order valence-electron chi connectivity index (χ1n) is 7.81. The minimum atomic E-state index is 0.776. The van der Waals surface area contributed by atoms with Crippen molar-refractivity contribution in [2.24, 2.45) is 5.92 Å². The zero-order valence-electron chi connectivity index (χ0n) is 13.6. The van der Waals surface area contributed by atoms with E-state index in [0.717, 1.165) is 19.0 Å². The van der Waals surface area contributed by atoms with Crippen molar-refractivity contribution in [2.45, 2.75) is 33.4 Å². The highest BCUT2D eigenvalue weighted by atomic mass is 32.1. The van der Waals surface area contributed by atoms with Crippen molar-refractivity contribution in [3.05, 3.63) is 32.2 Å². The molecule has 0 saturated carbocycles. The molecule has 3 heterocycles. The van der Waals surface area contributed by atoms with E-state index in [4.69, 9.17) is 0 Å². The van der Waals surface area contributed by atoms with E-state index in [2.05, 4.69) is 46.0 Å². The minimum absolute atomic E-state index is 0.776. The molecule has 0 bridgehead atoms. The van der Waals surface area contributed by atoms with Crippen molar-refractivity contribution in [1.82, 2.24) is 19.8 Å². The smallest absolute Gasteiger partial charge is 0.0897 e. The summed E-state index contributed by atoms with van der Waals surface area (Å²) in [4.78, 5) is 15.3. The van der Waals surface area contributed by atoms with Gasteiger partial charge in [0, 0.05) is 36.4 Å². The van der Waals surface area contributed by atoms with Gasteiger partial charge in [0.15, 0.2) is 0 Å². The van der Waals surface area contributed by atoms with E-state index < -0.39 is 0 Å². The third-order valence-electron chi connectivity index (χ3n) is 4.25. The predicted octanol–water partition coefficient (Wildman–Crippen LogP) is 3.17. The molecule has 0 aliphatic carbocycles. The minimum Gasteiger partial charge on any atom is -0.301 e. The molecule has 0 amide bonds. The van der Waals surface area contributed by atoms with Gasteiger partial charge in [-0.1, -0.05) is 0 Å². The van der Waals surface area contributed by atoms with Crippen LogP contribution in [0.1, 0.15) is 27.7 Å². The summed E-state index contributed by atoms with van der Waals surface area (Å²) >= 11 is 3.52. The quantitative estimate of drug-likeness (QED) is 0.811. The molecule has 1 atom stereocenters. The van der Waals surface area contributed by atoms with Crippen LogP contribution in [0.5, 0.6) is 0 Å². The Morgan fingerprint density at radius 3 is 2.91 bits per heavy atom. The molecule has 2 aromatic heterocycles. The Bertz CT molecular complexity index is 607. The lowest BCUT2D eigenvalue weighted by Crippen LogP contribution is -2.28. The van der Waals surface area contributed by atoms with E-state index in [-0.39, 0.29) is 0 Å². The maximum Gasteiger partial charge on any atom is 0.0897 e. The van der Waals surface area contributed by atoms with Crippen molar-refractivity contribution in [3.63, 3.8) is 0 Å². The molecule has 0 radical (unpaired) electrons. The van der Waals surface area contributed by atoms with Crippen molar-refractivity contribution in [1.29, 1.82) is 0 Å². The van der Waals surface area contributed by atoms with E-state index in [1.807, 2.05) is 5.51 Å². The van der Waals surface area contributed by atoms with Crippen LogP contribution in [-0.2, 0) is 13.1 Å². The summed E-state index contributed by atoms with van der Waals surface area (Å²) in [5, 5.41) is 3.37. The lowest BCUT2D eigenvalue weighted by atomic mass is 10.1. The standard InChI is InChI=1S/C16H24N4S2/c1-12-16(22-11-17-12)9-19(3)6-14-4-5-20(7-14)8-15-10-21-13(2)18-15/h10-11,14H,4-9H2,1-3H3/t14-/m1/s1. The summed E-state index contributed by atoms with van der Waals surface area (Å²) in [6.07, 6.45) is 1.30. The van der Waals surface area contributed by atoms with Gasteiger partial charge in [-0.25, -0.2) is 9.97 Å². The molecule has 0 aromatic carbocycles. The summed E-state index contributed by atoms with van der Waals surface area (Å²) in [6, 6.07) is 0. The third kappa shape index (κ3) is 4.13. The average Bonchev–Trinajstić information content (AvgIpc) is 3.16. The van der Waals surface area contributed by atoms with Crippen molar-refractivity contribution in [3.8, 4) is 0 Å². The fourth-order valence-corrected chi connectivity index (χ4v) is 4.60. The fourth-order valence-electron chi connectivity index (χ4n) is 3.14. The summed E-state index contributed by atoms with van der Waals surface area (Å²) in [7, 11) is 2.23. The van der Waals surface area contributed by atoms with E-state index in [9.17, 15) is 0 Å². The van der Waals surface area contributed by atoms with Gasteiger partial charge in [0.25, 0.3) is 0 Å². The van der Waals surface area contributed by atoms with Crippen LogP contribution in [0.2, 0.25) is 0 Å². The number of hydrogen-bond donors (Lipinski definition) is 0. The van der Waals surface area contributed by atoms with Crippen LogP contribution in [0.3, 0.4) is 0 Å². The Kier molecular flexibility index (Phi) is 5.23. The first-order valence-corrected chi connectivity index (χ1v) is 9.57. The molecule has 2 aromatic rings. The Balaban J connectivity index is 1.45. The predicted molar refractivity (Wildman–Crippen MR) is 93.4 cm³/mol. The van der Waals surface area contributed by atoms with Crippen molar-refractivity contribution >= 4 is 22.7 Å². The molecule has 120 valence electrons. The lowest BCUT2D eigenvalue weighted by Gasteiger charge is -2.21. The van der Waals surface area contributed by atoms with Gasteiger partial charge in [0.1, 0.15) is 0 Å². The van der Waals surface area contributed by atoms with Crippen molar-refractivity contribution in [2.75, 3.05) is 26.7 Å². The Hall–Kier alpha value is -0.820. The normalized spacial score (nSPS) is 19.4. The number of likely N-dealkylation sites (tertiary alicyclic amines) is 1. The molecular weight excluding hydrogens is 312 g/mol. The molecule has 6 heteroatoms. The maximum absolute atomic E-state index is 4.58. The van der Waals surface area contributed by atoms with Gasteiger partial charge in [0.05, 0.1) is 21.9 Å². The topological polar surface area (TPSA) is 32.3 Å². The number of nitrogens with zero attached hydrogens (tertiary/aromatic N) is 4. The Morgan fingerprint density at radius 1 is 1.36 bits per heavy atom. The molecule has 22 heavy (non-hydrogen) atoms. The van der Waals surface area contributed by atoms with E-state index in [1.54, 1.807) is 22.7 Å². The maximum atomic E-state index is 4.58. The molecule has 3 rings (SSSR count). The van der Waals surface area contributed by atoms with Crippen LogP contribution >= 0.6 is 22.7 Å². The van der Waals surface area contributed by atoms with Crippen molar-refractivity contribution < 1.29 is 0 Å². The molecule has 1 aliphatic heterocycles. The molecule has 1 saturated heterocycles. The SMILES string of the molecule is Cc1nc(CN2CC[C@H](CN(C)Cc3scnc3C)C2)cs1. The second kappa shape index (κ2) is 7.17. The number of aryl methyl sites for hydroxylation is 2. The van der Waals surface area contributed by atoms with Gasteiger partial charge in [-0.2, -0.15) is 0 Å². The van der Waals surface area contributed by atoms with E-state index >= 15 is 0 Å². The number of rotatable bonds is 6. The van der Waals surface area contributed by atoms with E-state index in [1.165, 1.54) is 47.3 Å². The average molecular weight is 337 g/mol. The highest BCUT2D eigenvalue weighted by Crippen LogP contribution is 2.21. The van der Waals surface area contributed by atoms with E-state index in [0.29, 0.717) is 0 Å². The zero-order valence-corrected chi connectivity index (χ0v) is 15.2. The van der Waals surface area contributed by atoms with Gasteiger partial charge < -0.3 is 4.90 Å². The largest absolute Gasteiger partial charge is 0.301 e. The molecule has 1 fully saturated rings. The molecule has 4 nitrogen and oxygen atoms in total. The second-order valence-corrected chi connectivity index (χ2v) is 8.31. The highest BCUT2D eigenvalue weighted by Gasteiger charge is 2.24. The fraction of sp³-hybridized carbons (Fsp3) is 0.625. The number of thiazole rings is 2. The van der Waals surface area contributed by atoms with Gasteiger partial charge >= 0.3 is 0 Å². The van der Waals surface area contributed by atoms with Crippen LogP contribution in [0.25, 0.3) is 0 Å². The van der Waals surface area contributed by atoms with Crippen LogP contribution < -0.4 is 0 Å². The summed E-state index contributed by atoms with van der Waals surface area (Å²) in [5.41, 5.74) is 4.37. The number of hydrogen-bond acceptors (Lipinski definition) is 6.